The molecule has 2 aromatic rings. The molecule has 0 bridgehead atoms. The number of hydrogen-bond donors (Lipinski definition) is 1. The lowest BCUT2D eigenvalue weighted by Crippen LogP contribution is -2.38. The van der Waals surface area contributed by atoms with E-state index in [1.807, 2.05) is 42.5 Å². The van der Waals surface area contributed by atoms with Crippen LogP contribution in [0, 0.1) is 0 Å². The lowest BCUT2D eigenvalue weighted by atomic mass is 10.1. The van der Waals surface area contributed by atoms with Crippen molar-refractivity contribution in [1.82, 2.24) is 15.1 Å². The molecule has 0 atom stereocenters. The Kier molecular flexibility index (Phi) is 8.04. The average Bonchev–Trinajstić information content (AvgIpc) is 3.05. The normalized spacial score (nSPS) is 14.0. The highest BCUT2D eigenvalue weighted by Crippen LogP contribution is 2.20. The molecule has 1 aliphatic heterocycles. The van der Waals surface area contributed by atoms with Crippen molar-refractivity contribution in [3.8, 4) is 5.75 Å². The van der Waals surface area contributed by atoms with Crippen LogP contribution in [0.3, 0.4) is 0 Å². The lowest BCUT2D eigenvalue weighted by Gasteiger charge is -2.23. The van der Waals surface area contributed by atoms with Crippen LogP contribution >= 0.6 is 0 Å². The van der Waals surface area contributed by atoms with E-state index in [1.165, 1.54) is 0 Å². The maximum Gasteiger partial charge on any atom is 0.257 e. The molecule has 1 heterocycles. The van der Waals surface area contributed by atoms with Gasteiger partial charge in [0.05, 0.1) is 19.1 Å². The number of benzene rings is 2. The van der Waals surface area contributed by atoms with E-state index >= 15 is 0 Å². The van der Waals surface area contributed by atoms with Gasteiger partial charge in [0.15, 0.2) is 0 Å². The van der Waals surface area contributed by atoms with E-state index in [9.17, 15) is 14.4 Å². The molecule has 0 radical (unpaired) electrons. The third kappa shape index (κ3) is 6.31. The molecule has 31 heavy (non-hydrogen) atoms. The largest absolute Gasteiger partial charge is 0.496 e. The summed E-state index contributed by atoms with van der Waals surface area (Å²) in [6.07, 6.45) is 1.27. The second kappa shape index (κ2) is 11.2. The molecule has 7 nitrogen and oxygen atoms in total. The highest BCUT2D eigenvalue weighted by atomic mass is 16.5. The number of ether oxygens (including phenoxy) is 1. The summed E-state index contributed by atoms with van der Waals surface area (Å²) in [4.78, 5) is 41.1. The summed E-state index contributed by atoms with van der Waals surface area (Å²) in [6.45, 7) is 2.46. The Hall–Kier alpha value is -3.35. The fraction of sp³-hybridized carbons (Fsp3) is 0.375. The van der Waals surface area contributed by atoms with Gasteiger partial charge >= 0.3 is 0 Å². The van der Waals surface area contributed by atoms with Gasteiger partial charge in [-0.2, -0.15) is 0 Å². The quantitative estimate of drug-likeness (QED) is 0.740. The number of para-hydroxylation sites is 1. The fourth-order valence-electron chi connectivity index (χ4n) is 3.67. The number of carbonyl (C=O) groups excluding carboxylic acids is 3. The number of hydrogen-bond acceptors (Lipinski definition) is 4. The smallest absolute Gasteiger partial charge is 0.257 e. The maximum absolute atomic E-state index is 12.9. The van der Waals surface area contributed by atoms with E-state index < -0.39 is 0 Å². The summed E-state index contributed by atoms with van der Waals surface area (Å²) >= 11 is 0. The Labute approximate surface area is 183 Å². The topological polar surface area (TPSA) is 79.0 Å². The summed E-state index contributed by atoms with van der Waals surface area (Å²) < 4.78 is 5.30. The Morgan fingerprint density at radius 2 is 1.58 bits per heavy atom. The van der Waals surface area contributed by atoms with E-state index in [0.717, 1.165) is 5.56 Å². The molecule has 3 rings (SSSR count). The fourth-order valence-corrected chi connectivity index (χ4v) is 3.67. The molecule has 164 valence electrons. The first kappa shape index (κ1) is 22.3. The monoisotopic (exact) mass is 423 g/mol. The van der Waals surface area contributed by atoms with Gasteiger partial charge in [-0.25, -0.2) is 0 Å². The van der Waals surface area contributed by atoms with Gasteiger partial charge in [0.2, 0.25) is 11.8 Å². The van der Waals surface area contributed by atoms with Crippen LogP contribution in [0.15, 0.2) is 54.6 Å². The number of nitrogens with one attached hydrogen (secondary N) is 1. The van der Waals surface area contributed by atoms with Gasteiger partial charge in [-0.05, 0) is 24.1 Å². The minimum absolute atomic E-state index is 0.00778. The van der Waals surface area contributed by atoms with Gasteiger partial charge < -0.3 is 19.9 Å². The molecule has 0 aliphatic carbocycles. The predicted molar refractivity (Wildman–Crippen MR) is 118 cm³/mol. The zero-order chi connectivity index (χ0) is 22.1. The number of nitrogens with zero attached hydrogens (tertiary/aromatic N) is 2. The molecule has 1 N–H and O–H groups in total. The Morgan fingerprint density at radius 3 is 2.35 bits per heavy atom. The van der Waals surface area contributed by atoms with E-state index in [0.29, 0.717) is 56.9 Å². The van der Waals surface area contributed by atoms with E-state index in [4.69, 9.17) is 4.74 Å². The maximum atomic E-state index is 12.9. The Bertz CT molecular complexity index is 901. The van der Waals surface area contributed by atoms with E-state index in [-0.39, 0.29) is 24.1 Å². The van der Waals surface area contributed by atoms with E-state index in [1.54, 1.807) is 29.0 Å². The minimum atomic E-state index is -0.0940. The predicted octanol–water partition coefficient (Wildman–Crippen LogP) is 2.12. The van der Waals surface area contributed by atoms with Gasteiger partial charge in [-0.3, -0.25) is 14.4 Å². The first-order valence-corrected chi connectivity index (χ1v) is 10.6. The van der Waals surface area contributed by atoms with Crippen molar-refractivity contribution in [2.24, 2.45) is 0 Å². The molecule has 1 fully saturated rings. The van der Waals surface area contributed by atoms with Crippen molar-refractivity contribution in [3.63, 3.8) is 0 Å². The van der Waals surface area contributed by atoms with Crippen LogP contribution in [-0.2, 0) is 16.0 Å². The molecule has 3 amide bonds. The average molecular weight is 424 g/mol. The van der Waals surface area contributed by atoms with Crippen LogP contribution in [0.5, 0.6) is 5.75 Å². The lowest BCUT2D eigenvalue weighted by molar-refractivity contribution is -0.131. The first-order chi connectivity index (χ1) is 15.1. The van der Waals surface area contributed by atoms with Crippen LogP contribution in [0.4, 0.5) is 0 Å². The van der Waals surface area contributed by atoms with Gasteiger partial charge in [-0.15, -0.1) is 0 Å². The number of carbonyl (C=O) groups is 3. The zero-order valence-electron chi connectivity index (χ0n) is 17.9. The summed E-state index contributed by atoms with van der Waals surface area (Å²) in [6, 6.07) is 16.7. The van der Waals surface area contributed by atoms with Gasteiger partial charge in [0.1, 0.15) is 5.75 Å². The molecular weight excluding hydrogens is 394 g/mol. The van der Waals surface area contributed by atoms with E-state index in [2.05, 4.69) is 5.32 Å². The molecule has 0 saturated carbocycles. The van der Waals surface area contributed by atoms with Crippen molar-refractivity contribution >= 4 is 17.7 Å². The number of amides is 3. The summed E-state index contributed by atoms with van der Waals surface area (Å²) in [5.41, 5.74) is 1.48. The Morgan fingerprint density at radius 1 is 0.903 bits per heavy atom. The summed E-state index contributed by atoms with van der Waals surface area (Å²) in [7, 11) is 1.55. The SMILES string of the molecule is COc1ccccc1C(=O)N1CCCN(C(=O)CCNC(=O)Cc2ccccc2)CC1. The molecule has 7 heteroatoms. The standard InChI is InChI=1S/C24H29N3O4/c1-31-21-11-6-5-10-20(21)24(30)27-15-7-14-26(16-17-27)23(29)12-13-25-22(28)18-19-8-3-2-4-9-19/h2-6,8-11H,7,12-18H2,1H3,(H,25,28). The third-order valence-corrected chi connectivity index (χ3v) is 5.34. The summed E-state index contributed by atoms with van der Waals surface area (Å²) in [5.74, 6) is 0.367. The Balaban J connectivity index is 1.45. The highest BCUT2D eigenvalue weighted by Gasteiger charge is 2.24. The van der Waals surface area contributed by atoms with Gasteiger partial charge in [0.25, 0.3) is 5.91 Å². The molecule has 0 unspecified atom stereocenters. The highest BCUT2D eigenvalue weighted by molar-refractivity contribution is 5.97. The van der Waals surface area contributed by atoms with Gasteiger partial charge in [0, 0.05) is 39.1 Å². The number of rotatable bonds is 7. The third-order valence-electron chi connectivity index (χ3n) is 5.34. The molecule has 2 aromatic carbocycles. The van der Waals surface area contributed by atoms with Crippen molar-refractivity contribution < 1.29 is 19.1 Å². The van der Waals surface area contributed by atoms with Crippen molar-refractivity contribution in [2.75, 3.05) is 39.8 Å². The number of methoxy groups -OCH3 is 1. The van der Waals surface area contributed by atoms with Gasteiger partial charge in [-0.1, -0.05) is 42.5 Å². The summed E-state index contributed by atoms with van der Waals surface area (Å²) in [5, 5.41) is 2.81. The molecule has 0 spiro atoms. The zero-order valence-corrected chi connectivity index (χ0v) is 17.9. The van der Waals surface area contributed by atoms with Crippen LogP contribution in [0.25, 0.3) is 0 Å². The second-order valence-corrected chi connectivity index (χ2v) is 7.49. The van der Waals surface area contributed by atoms with Crippen LogP contribution in [0.2, 0.25) is 0 Å². The van der Waals surface area contributed by atoms with Crippen molar-refractivity contribution in [1.29, 1.82) is 0 Å². The molecule has 0 aromatic heterocycles. The molecule has 1 aliphatic rings. The first-order valence-electron chi connectivity index (χ1n) is 10.6. The van der Waals surface area contributed by atoms with Crippen LogP contribution in [0.1, 0.15) is 28.8 Å². The van der Waals surface area contributed by atoms with Crippen LogP contribution in [-0.4, -0.2) is 67.4 Å². The van der Waals surface area contributed by atoms with Crippen LogP contribution < -0.4 is 10.1 Å². The molecular formula is C24H29N3O4. The van der Waals surface area contributed by atoms with Crippen molar-refractivity contribution in [2.45, 2.75) is 19.3 Å². The van der Waals surface area contributed by atoms with Crippen molar-refractivity contribution in [3.05, 3.63) is 65.7 Å². The minimum Gasteiger partial charge on any atom is -0.496 e. The second-order valence-electron chi connectivity index (χ2n) is 7.49. The molecule has 1 saturated heterocycles.